The summed E-state index contributed by atoms with van der Waals surface area (Å²) in [6.07, 6.45) is 1.68. The van der Waals surface area contributed by atoms with Crippen LogP contribution in [0, 0.1) is 0 Å². The number of hydrogen-bond donors (Lipinski definition) is 0. The van der Waals surface area contributed by atoms with Crippen molar-refractivity contribution in [2.75, 3.05) is 13.2 Å². The average Bonchev–Trinajstić information content (AvgIpc) is 2.79. The van der Waals surface area contributed by atoms with Gasteiger partial charge in [-0.1, -0.05) is 6.07 Å². The molecule has 1 aromatic rings. The lowest BCUT2D eigenvalue weighted by Crippen LogP contribution is -2.36. The summed E-state index contributed by atoms with van der Waals surface area (Å²) in [6, 6.07) is 6.70. The summed E-state index contributed by atoms with van der Waals surface area (Å²) in [7, 11) is 0. The lowest BCUT2D eigenvalue weighted by atomic mass is 10.2. The Balaban J connectivity index is 1.71. The van der Waals surface area contributed by atoms with Crippen LogP contribution in [0.4, 0.5) is 0 Å². The molecule has 0 N–H and O–H groups in total. The molecule has 2 fully saturated rings. The van der Waals surface area contributed by atoms with E-state index in [2.05, 4.69) is 31.9 Å². The summed E-state index contributed by atoms with van der Waals surface area (Å²) < 4.78 is 6.49. The second kappa shape index (κ2) is 3.85. The third-order valence-corrected chi connectivity index (χ3v) is 3.59. The molecular formula is C11H13BrN2O. The standard InChI is InChI=1S/C11H13BrN2O/c12-11-3-1-2-8(13-11)5-14-6-10-4-9(14)7-15-10/h1-3,9-10H,4-7H2. The number of aromatic nitrogens is 1. The molecule has 1 aromatic heterocycles. The Morgan fingerprint density at radius 3 is 3.13 bits per heavy atom. The summed E-state index contributed by atoms with van der Waals surface area (Å²) in [4.78, 5) is 6.93. The van der Waals surface area contributed by atoms with Crippen LogP contribution in [0.5, 0.6) is 0 Å². The fourth-order valence-corrected chi connectivity index (χ4v) is 2.80. The Morgan fingerprint density at radius 1 is 1.53 bits per heavy atom. The van der Waals surface area contributed by atoms with E-state index in [0.29, 0.717) is 12.1 Å². The number of halogens is 1. The van der Waals surface area contributed by atoms with Gasteiger partial charge in [-0.25, -0.2) is 4.98 Å². The van der Waals surface area contributed by atoms with Crippen LogP contribution in [0.3, 0.4) is 0 Å². The van der Waals surface area contributed by atoms with Crippen LogP contribution >= 0.6 is 15.9 Å². The third-order valence-electron chi connectivity index (χ3n) is 3.15. The van der Waals surface area contributed by atoms with Gasteiger partial charge in [0.25, 0.3) is 0 Å². The van der Waals surface area contributed by atoms with Gasteiger partial charge >= 0.3 is 0 Å². The Bertz CT molecular complexity index is 371. The van der Waals surface area contributed by atoms with Gasteiger partial charge in [0.1, 0.15) is 4.60 Å². The number of hydrogen-bond acceptors (Lipinski definition) is 3. The van der Waals surface area contributed by atoms with Crippen molar-refractivity contribution in [1.82, 2.24) is 9.88 Å². The smallest absolute Gasteiger partial charge is 0.106 e. The van der Waals surface area contributed by atoms with Crippen LogP contribution in [0.1, 0.15) is 12.1 Å². The number of fused-ring (bicyclic) bond motifs is 2. The van der Waals surface area contributed by atoms with Crippen LogP contribution in [-0.2, 0) is 11.3 Å². The molecular weight excluding hydrogens is 256 g/mol. The first-order valence-electron chi connectivity index (χ1n) is 5.28. The van der Waals surface area contributed by atoms with Crippen molar-refractivity contribution in [2.24, 2.45) is 0 Å². The van der Waals surface area contributed by atoms with E-state index in [0.717, 1.165) is 30.0 Å². The molecule has 0 saturated carbocycles. The SMILES string of the molecule is Brc1cccc(CN2CC3CC2CO3)n1. The van der Waals surface area contributed by atoms with Crippen molar-refractivity contribution in [1.29, 1.82) is 0 Å². The monoisotopic (exact) mass is 268 g/mol. The van der Waals surface area contributed by atoms with Gasteiger partial charge < -0.3 is 4.74 Å². The van der Waals surface area contributed by atoms with Crippen molar-refractivity contribution in [3.63, 3.8) is 0 Å². The molecule has 3 rings (SSSR count). The first-order chi connectivity index (χ1) is 7.31. The van der Waals surface area contributed by atoms with Gasteiger partial charge in [-0.2, -0.15) is 0 Å². The molecule has 0 amide bonds. The summed E-state index contributed by atoms with van der Waals surface area (Å²) >= 11 is 3.40. The summed E-state index contributed by atoms with van der Waals surface area (Å²) in [5, 5.41) is 0. The van der Waals surface area contributed by atoms with Crippen molar-refractivity contribution >= 4 is 15.9 Å². The number of likely N-dealkylation sites (tertiary alicyclic amines) is 1. The van der Waals surface area contributed by atoms with Crippen LogP contribution in [-0.4, -0.2) is 35.2 Å². The zero-order valence-electron chi connectivity index (χ0n) is 8.40. The van der Waals surface area contributed by atoms with Crippen LogP contribution in [0.2, 0.25) is 0 Å². The topological polar surface area (TPSA) is 25.4 Å². The lowest BCUT2D eigenvalue weighted by Gasteiger charge is -2.26. The molecule has 0 radical (unpaired) electrons. The summed E-state index contributed by atoms with van der Waals surface area (Å²) in [6.45, 7) is 2.92. The van der Waals surface area contributed by atoms with Crippen molar-refractivity contribution in [2.45, 2.75) is 25.1 Å². The second-order valence-electron chi connectivity index (χ2n) is 4.23. The maximum Gasteiger partial charge on any atom is 0.106 e. The largest absolute Gasteiger partial charge is 0.375 e. The third kappa shape index (κ3) is 1.94. The predicted octanol–water partition coefficient (Wildman–Crippen LogP) is 1.82. The Kier molecular flexibility index (Phi) is 2.50. The van der Waals surface area contributed by atoms with E-state index in [1.807, 2.05) is 12.1 Å². The molecule has 80 valence electrons. The number of morpholine rings is 1. The number of rotatable bonds is 2. The van der Waals surface area contributed by atoms with E-state index in [-0.39, 0.29) is 0 Å². The normalized spacial score (nSPS) is 29.9. The molecule has 0 spiro atoms. The molecule has 0 aromatic carbocycles. The molecule has 3 nitrogen and oxygen atoms in total. The minimum atomic E-state index is 0.474. The molecule has 4 heteroatoms. The number of ether oxygens (including phenoxy) is 1. The maximum absolute atomic E-state index is 5.57. The molecule has 2 aliphatic rings. The molecule has 0 aliphatic carbocycles. The van der Waals surface area contributed by atoms with Crippen molar-refractivity contribution in [3.05, 3.63) is 28.5 Å². The highest BCUT2D eigenvalue weighted by molar-refractivity contribution is 9.10. The highest BCUT2D eigenvalue weighted by Crippen LogP contribution is 2.28. The molecule has 2 aliphatic heterocycles. The Morgan fingerprint density at radius 2 is 2.47 bits per heavy atom. The van der Waals surface area contributed by atoms with Crippen LogP contribution in [0.25, 0.3) is 0 Å². The van der Waals surface area contributed by atoms with Crippen molar-refractivity contribution < 1.29 is 4.74 Å². The van der Waals surface area contributed by atoms with Gasteiger partial charge in [0, 0.05) is 19.1 Å². The summed E-state index contributed by atoms with van der Waals surface area (Å²) in [5.41, 5.74) is 1.14. The number of nitrogens with zero attached hydrogens (tertiary/aromatic N) is 2. The zero-order chi connectivity index (χ0) is 10.3. The van der Waals surface area contributed by atoms with Crippen LogP contribution < -0.4 is 0 Å². The number of pyridine rings is 1. The maximum atomic E-state index is 5.57. The van der Waals surface area contributed by atoms with Gasteiger partial charge in [-0.05, 0) is 34.5 Å². The minimum Gasteiger partial charge on any atom is -0.375 e. The van der Waals surface area contributed by atoms with E-state index >= 15 is 0 Å². The Labute approximate surface area is 97.6 Å². The highest BCUT2D eigenvalue weighted by atomic mass is 79.9. The van der Waals surface area contributed by atoms with E-state index < -0.39 is 0 Å². The van der Waals surface area contributed by atoms with Crippen LogP contribution in [0.15, 0.2) is 22.8 Å². The molecule has 3 heterocycles. The summed E-state index contributed by atoms with van der Waals surface area (Å²) in [5.74, 6) is 0. The second-order valence-corrected chi connectivity index (χ2v) is 5.04. The lowest BCUT2D eigenvalue weighted by molar-refractivity contribution is 0.0268. The Hall–Kier alpha value is -0.450. The van der Waals surface area contributed by atoms with Gasteiger partial charge in [0.15, 0.2) is 0 Å². The predicted molar refractivity (Wildman–Crippen MR) is 60.5 cm³/mol. The minimum absolute atomic E-state index is 0.474. The van der Waals surface area contributed by atoms with E-state index in [4.69, 9.17) is 4.74 Å². The van der Waals surface area contributed by atoms with E-state index in [1.165, 1.54) is 6.42 Å². The molecule has 15 heavy (non-hydrogen) atoms. The average molecular weight is 269 g/mol. The molecule has 2 unspecified atom stereocenters. The van der Waals surface area contributed by atoms with Gasteiger partial charge in [-0.3, -0.25) is 4.90 Å². The van der Waals surface area contributed by atoms with E-state index in [9.17, 15) is 0 Å². The molecule has 2 saturated heterocycles. The zero-order valence-corrected chi connectivity index (χ0v) is 9.98. The quantitative estimate of drug-likeness (QED) is 0.766. The van der Waals surface area contributed by atoms with Gasteiger partial charge in [0.05, 0.1) is 18.4 Å². The molecule has 2 bridgehead atoms. The molecule has 2 atom stereocenters. The van der Waals surface area contributed by atoms with Crippen molar-refractivity contribution in [3.8, 4) is 0 Å². The van der Waals surface area contributed by atoms with Gasteiger partial charge in [0.2, 0.25) is 0 Å². The first-order valence-corrected chi connectivity index (χ1v) is 6.07. The van der Waals surface area contributed by atoms with Gasteiger partial charge in [-0.15, -0.1) is 0 Å². The highest BCUT2D eigenvalue weighted by Gasteiger charge is 2.38. The fourth-order valence-electron chi connectivity index (χ4n) is 2.42. The first kappa shape index (κ1) is 9.75. The van der Waals surface area contributed by atoms with E-state index in [1.54, 1.807) is 0 Å². The fraction of sp³-hybridized carbons (Fsp3) is 0.545.